The zero-order valence-corrected chi connectivity index (χ0v) is 11.3. The zero-order chi connectivity index (χ0) is 14.5. The van der Waals surface area contributed by atoms with Crippen LogP contribution in [0.4, 0.5) is 24.9 Å². The van der Waals surface area contributed by atoms with E-state index < -0.39 is 11.9 Å². The van der Waals surface area contributed by atoms with Crippen LogP contribution in [0, 0.1) is 0 Å². The molecule has 0 aliphatic heterocycles. The number of nitrogens with one attached hydrogen (secondary N) is 2. The van der Waals surface area contributed by atoms with E-state index in [0.717, 1.165) is 25.3 Å². The average molecular weight is 276 g/mol. The molecular weight excluding hydrogens is 257 g/mol. The molecule has 0 fully saturated rings. The third kappa shape index (κ3) is 4.57. The van der Waals surface area contributed by atoms with Crippen molar-refractivity contribution < 1.29 is 13.2 Å². The summed E-state index contributed by atoms with van der Waals surface area (Å²) in [6.07, 6.45) is -1.80. The third-order valence-corrected chi connectivity index (χ3v) is 2.72. The summed E-state index contributed by atoms with van der Waals surface area (Å²) < 4.78 is 38.1. The smallest absolute Gasteiger partial charge is 0.367 e. The van der Waals surface area contributed by atoms with Gasteiger partial charge in [0, 0.05) is 19.2 Å². The van der Waals surface area contributed by atoms with Crippen LogP contribution in [0.3, 0.4) is 0 Å². The number of alkyl halides is 3. The van der Waals surface area contributed by atoms with Gasteiger partial charge in [-0.1, -0.05) is 20.3 Å². The first-order chi connectivity index (χ1) is 8.90. The normalized spacial score (nSPS) is 13.2. The molecule has 0 aromatic carbocycles. The third-order valence-electron chi connectivity index (χ3n) is 2.72. The van der Waals surface area contributed by atoms with Crippen LogP contribution in [0.2, 0.25) is 0 Å². The van der Waals surface area contributed by atoms with Crippen LogP contribution in [0.15, 0.2) is 6.07 Å². The first-order valence-corrected chi connectivity index (χ1v) is 6.31. The van der Waals surface area contributed by atoms with Crippen molar-refractivity contribution in [2.45, 2.75) is 45.3 Å². The van der Waals surface area contributed by atoms with E-state index in [4.69, 9.17) is 0 Å². The topological polar surface area (TPSA) is 49.8 Å². The summed E-state index contributed by atoms with van der Waals surface area (Å²) in [6.45, 7) is 4.02. The second kappa shape index (κ2) is 6.58. The van der Waals surface area contributed by atoms with Crippen LogP contribution < -0.4 is 10.6 Å². The quantitative estimate of drug-likeness (QED) is 0.834. The van der Waals surface area contributed by atoms with Crippen molar-refractivity contribution in [3.05, 3.63) is 11.8 Å². The molecule has 0 saturated heterocycles. The molecule has 4 nitrogen and oxygen atoms in total. The van der Waals surface area contributed by atoms with Crippen molar-refractivity contribution in [3.63, 3.8) is 0 Å². The molecule has 0 radical (unpaired) electrons. The molecule has 0 aliphatic rings. The fraction of sp³-hybridized carbons (Fsp3) is 0.667. The Hall–Kier alpha value is -1.53. The Morgan fingerprint density at radius 1 is 1.26 bits per heavy atom. The maximum absolute atomic E-state index is 12.7. The lowest BCUT2D eigenvalue weighted by atomic mass is 10.1. The van der Waals surface area contributed by atoms with E-state index >= 15 is 0 Å². The fourth-order valence-electron chi connectivity index (χ4n) is 1.71. The molecule has 108 valence electrons. The summed E-state index contributed by atoms with van der Waals surface area (Å²) in [6, 6.07) is 1.06. The van der Waals surface area contributed by atoms with Gasteiger partial charge in [0.25, 0.3) is 0 Å². The lowest BCUT2D eigenvalue weighted by Crippen LogP contribution is -2.20. The zero-order valence-electron chi connectivity index (χ0n) is 11.3. The van der Waals surface area contributed by atoms with Crippen molar-refractivity contribution in [2.24, 2.45) is 0 Å². The fourth-order valence-corrected chi connectivity index (χ4v) is 1.71. The Labute approximate surface area is 110 Å². The number of hydrogen-bond donors (Lipinski definition) is 2. The SMILES string of the molecule is CCCC(CC)Nc1cc(C(F)(F)F)nc(NC)n1. The van der Waals surface area contributed by atoms with Gasteiger partial charge in [0.1, 0.15) is 5.82 Å². The van der Waals surface area contributed by atoms with Gasteiger partial charge in [-0.2, -0.15) is 18.2 Å². The molecule has 1 rings (SSSR count). The summed E-state index contributed by atoms with van der Waals surface area (Å²) in [4.78, 5) is 7.42. The Kier molecular flexibility index (Phi) is 5.38. The lowest BCUT2D eigenvalue weighted by Gasteiger charge is -2.18. The lowest BCUT2D eigenvalue weighted by molar-refractivity contribution is -0.141. The van der Waals surface area contributed by atoms with Gasteiger partial charge in [-0.25, -0.2) is 4.98 Å². The number of anilines is 2. The van der Waals surface area contributed by atoms with E-state index in [9.17, 15) is 13.2 Å². The predicted octanol–water partition coefficient (Wildman–Crippen LogP) is 3.53. The van der Waals surface area contributed by atoms with Crippen LogP contribution in [0.25, 0.3) is 0 Å². The minimum Gasteiger partial charge on any atom is -0.367 e. The summed E-state index contributed by atoms with van der Waals surface area (Å²) in [5, 5.41) is 5.57. The Morgan fingerprint density at radius 2 is 1.95 bits per heavy atom. The van der Waals surface area contributed by atoms with Crippen LogP contribution in [-0.4, -0.2) is 23.1 Å². The van der Waals surface area contributed by atoms with E-state index in [0.29, 0.717) is 0 Å². The molecule has 2 N–H and O–H groups in total. The molecule has 0 spiro atoms. The average Bonchev–Trinajstić information content (AvgIpc) is 2.36. The molecule has 0 saturated carbocycles. The molecule has 1 aromatic rings. The van der Waals surface area contributed by atoms with Gasteiger partial charge < -0.3 is 10.6 Å². The van der Waals surface area contributed by atoms with Gasteiger partial charge >= 0.3 is 6.18 Å². The molecule has 0 aliphatic carbocycles. The second-order valence-corrected chi connectivity index (χ2v) is 4.25. The molecule has 1 atom stereocenters. The second-order valence-electron chi connectivity index (χ2n) is 4.25. The highest BCUT2D eigenvalue weighted by atomic mass is 19.4. The molecule has 7 heteroatoms. The standard InChI is InChI=1S/C12H19F3N4/c1-4-6-8(5-2)17-10-7-9(12(13,14)15)18-11(16-3)19-10/h7-8H,4-6H2,1-3H3,(H2,16,17,18,19). The molecule has 0 amide bonds. The molecule has 1 heterocycles. The van der Waals surface area contributed by atoms with Gasteiger partial charge in [0.05, 0.1) is 0 Å². The van der Waals surface area contributed by atoms with Crippen molar-refractivity contribution in [3.8, 4) is 0 Å². The summed E-state index contributed by atoms with van der Waals surface area (Å²) >= 11 is 0. The van der Waals surface area contributed by atoms with E-state index in [-0.39, 0.29) is 17.8 Å². The van der Waals surface area contributed by atoms with Gasteiger partial charge in [-0.15, -0.1) is 0 Å². The number of hydrogen-bond acceptors (Lipinski definition) is 4. The van der Waals surface area contributed by atoms with Crippen LogP contribution in [0.1, 0.15) is 38.8 Å². The van der Waals surface area contributed by atoms with Gasteiger partial charge in [-0.3, -0.25) is 0 Å². The van der Waals surface area contributed by atoms with Crippen molar-refractivity contribution in [2.75, 3.05) is 17.7 Å². The largest absolute Gasteiger partial charge is 0.433 e. The number of nitrogens with zero attached hydrogens (tertiary/aromatic N) is 2. The maximum Gasteiger partial charge on any atom is 0.433 e. The van der Waals surface area contributed by atoms with Crippen LogP contribution in [-0.2, 0) is 6.18 Å². The van der Waals surface area contributed by atoms with Gasteiger partial charge in [-0.05, 0) is 12.8 Å². The maximum atomic E-state index is 12.7. The van der Waals surface area contributed by atoms with Crippen molar-refractivity contribution >= 4 is 11.8 Å². The van der Waals surface area contributed by atoms with E-state index in [1.54, 1.807) is 0 Å². The first kappa shape index (κ1) is 15.5. The van der Waals surface area contributed by atoms with E-state index in [2.05, 4.69) is 20.6 Å². The minimum atomic E-state index is -4.47. The summed E-state index contributed by atoms with van der Waals surface area (Å²) in [5.41, 5.74) is -0.944. The Balaban J connectivity index is 3.00. The highest BCUT2D eigenvalue weighted by Crippen LogP contribution is 2.29. The minimum absolute atomic E-state index is 0.0383. The number of rotatable bonds is 6. The highest BCUT2D eigenvalue weighted by molar-refractivity contribution is 5.43. The predicted molar refractivity (Wildman–Crippen MR) is 69.2 cm³/mol. The Morgan fingerprint density at radius 3 is 2.42 bits per heavy atom. The molecule has 1 unspecified atom stereocenters. The van der Waals surface area contributed by atoms with E-state index in [1.165, 1.54) is 7.05 Å². The molecule has 0 bridgehead atoms. The Bertz CT molecular complexity index is 406. The molecule has 19 heavy (non-hydrogen) atoms. The molecular formula is C12H19F3N4. The summed E-state index contributed by atoms with van der Waals surface area (Å²) in [7, 11) is 1.49. The van der Waals surface area contributed by atoms with Crippen molar-refractivity contribution in [1.29, 1.82) is 0 Å². The van der Waals surface area contributed by atoms with Crippen LogP contribution in [0.5, 0.6) is 0 Å². The highest BCUT2D eigenvalue weighted by Gasteiger charge is 2.33. The monoisotopic (exact) mass is 276 g/mol. The summed E-state index contributed by atoms with van der Waals surface area (Å²) in [5.74, 6) is 0.163. The van der Waals surface area contributed by atoms with Crippen molar-refractivity contribution in [1.82, 2.24) is 9.97 Å². The van der Waals surface area contributed by atoms with E-state index in [1.807, 2.05) is 13.8 Å². The van der Waals surface area contributed by atoms with Gasteiger partial charge in [0.15, 0.2) is 5.69 Å². The molecule has 1 aromatic heterocycles. The van der Waals surface area contributed by atoms with Crippen LogP contribution >= 0.6 is 0 Å². The number of halogens is 3. The number of aromatic nitrogens is 2. The van der Waals surface area contributed by atoms with Gasteiger partial charge in [0.2, 0.25) is 5.95 Å². The first-order valence-electron chi connectivity index (χ1n) is 6.31.